The molecule has 4 nitrogen and oxygen atoms in total. The van der Waals surface area contributed by atoms with Crippen molar-refractivity contribution in [2.75, 3.05) is 32.8 Å². The molecule has 1 atom stereocenters. The van der Waals surface area contributed by atoms with E-state index in [1.165, 1.54) is 5.39 Å². The van der Waals surface area contributed by atoms with E-state index in [0.29, 0.717) is 12.1 Å². The summed E-state index contributed by atoms with van der Waals surface area (Å²) < 4.78 is 5.64. The molecule has 25 heavy (non-hydrogen) atoms. The second-order valence-corrected chi connectivity index (χ2v) is 7.26. The minimum absolute atomic E-state index is 0.166. The van der Waals surface area contributed by atoms with Crippen LogP contribution >= 0.6 is 0 Å². The maximum Gasteiger partial charge on any atom is 0.253 e. The Morgan fingerprint density at radius 1 is 1.04 bits per heavy atom. The zero-order valence-electron chi connectivity index (χ0n) is 14.9. The van der Waals surface area contributed by atoms with Crippen LogP contribution in [0.3, 0.4) is 0 Å². The average Bonchev–Trinajstić information content (AvgIpc) is 2.67. The summed E-state index contributed by atoms with van der Waals surface area (Å²) in [6.45, 7) is 6.71. The lowest BCUT2D eigenvalue weighted by atomic mass is 10.0. The third-order valence-electron chi connectivity index (χ3n) is 5.54. The highest BCUT2D eigenvalue weighted by atomic mass is 16.5. The number of hydrogen-bond acceptors (Lipinski definition) is 3. The van der Waals surface area contributed by atoms with Crippen LogP contribution in [0.2, 0.25) is 0 Å². The first kappa shape index (κ1) is 16.6. The van der Waals surface area contributed by atoms with Gasteiger partial charge in [-0.15, -0.1) is 0 Å². The fraction of sp³-hybridized carbons (Fsp3) is 0.476. The number of likely N-dealkylation sites (tertiary alicyclic amines) is 1. The summed E-state index contributed by atoms with van der Waals surface area (Å²) in [6, 6.07) is 14.8. The number of fused-ring (bicyclic) bond motifs is 1. The second-order valence-electron chi connectivity index (χ2n) is 7.26. The Labute approximate surface area is 149 Å². The van der Waals surface area contributed by atoms with Crippen LogP contribution in [0.15, 0.2) is 42.5 Å². The van der Waals surface area contributed by atoms with Crippen LogP contribution in [0.5, 0.6) is 0 Å². The van der Waals surface area contributed by atoms with Crippen LogP contribution in [0, 0.1) is 0 Å². The molecule has 2 aromatic carbocycles. The molecule has 132 valence electrons. The first-order valence-electron chi connectivity index (χ1n) is 9.34. The van der Waals surface area contributed by atoms with Crippen LogP contribution in [0.25, 0.3) is 10.8 Å². The van der Waals surface area contributed by atoms with Crippen LogP contribution in [0.4, 0.5) is 0 Å². The van der Waals surface area contributed by atoms with Gasteiger partial charge in [0.15, 0.2) is 0 Å². The van der Waals surface area contributed by atoms with E-state index in [2.05, 4.69) is 24.0 Å². The van der Waals surface area contributed by atoms with E-state index in [-0.39, 0.29) is 5.91 Å². The lowest BCUT2D eigenvalue weighted by Gasteiger charge is -2.41. The largest absolute Gasteiger partial charge is 0.376 e. The van der Waals surface area contributed by atoms with Gasteiger partial charge in [0.05, 0.1) is 12.7 Å². The van der Waals surface area contributed by atoms with Gasteiger partial charge in [0.25, 0.3) is 5.91 Å². The molecule has 2 heterocycles. The van der Waals surface area contributed by atoms with Crippen molar-refractivity contribution >= 4 is 16.7 Å². The number of carbonyl (C=O) groups is 1. The summed E-state index contributed by atoms with van der Waals surface area (Å²) in [5, 5.41) is 2.31. The maximum absolute atomic E-state index is 12.9. The highest BCUT2D eigenvalue weighted by molar-refractivity contribution is 5.98. The van der Waals surface area contributed by atoms with Crippen molar-refractivity contribution in [1.82, 2.24) is 9.80 Å². The monoisotopic (exact) mass is 338 g/mol. The number of morpholine rings is 1. The smallest absolute Gasteiger partial charge is 0.253 e. The van der Waals surface area contributed by atoms with E-state index in [4.69, 9.17) is 4.74 Å². The molecule has 4 heteroatoms. The topological polar surface area (TPSA) is 32.8 Å². The fourth-order valence-corrected chi connectivity index (χ4v) is 4.12. The molecule has 0 radical (unpaired) electrons. The molecule has 0 saturated carbocycles. The van der Waals surface area contributed by atoms with Crippen LogP contribution < -0.4 is 0 Å². The lowest BCUT2D eigenvalue weighted by molar-refractivity contribution is -0.0423. The predicted molar refractivity (Wildman–Crippen MR) is 99.9 cm³/mol. The van der Waals surface area contributed by atoms with E-state index in [1.807, 2.05) is 35.2 Å². The third-order valence-corrected chi connectivity index (χ3v) is 5.54. The zero-order chi connectivity index (χ0) is 17.2. The molecule has 0 spiro atoms. The Morgan fingerprint density at radius 3 is 2.56 bits per heavy atom. The molecular weight excluding hydrogens is 312 g/mol. The van der Waals surface area contributed by atoms with Gasteiger partial charge in [-0.25, -0.2) is 0 Å². The normalized spacial score (nSPS) is 23.1. The maximum atomic E-state index is 12.9. The third kappa shape index (κ3) is 3.55. The average molecular weight is 338 g/mol. The van der Waals surface area contributed by atoms with Gasteiger partial charge in [-0.2, -0.15) is 0 Å². The fourth-order valence-electron chi connectivity index (χ4n) is 4.12. The molecule has 1 amide bonds. The molecule has 0 N–H and O–H groups in total. The Kier molecular flexibility index (Phi) is 4.73. The zero-order valence-corrected chi connectivity index (χ0v) is 14.9. The van der Waals surface area contributed by atoms with E-state index < -0.39 is 0 Å². The number of ether oxygens (including phenoxy) is 1. The van der Waals surface area contributed by atoms with Gasteiger partial charge in [0.1, 0.15) is 0 Å². The second kappa shape index (κ2) is 7.14. The summed E-state index contributed by atoms with van der Waals surface area (Å²) in [5.41, 5.74) is 0.803. The molecule has 0 aliphatic carbocycles. The Balaban J connectivity index is 1.40. The lowest BCUT2D eigenvalue weighted by Crippen LogP contribution is -2.51. The molecule has 2 aliphatic rings. The van der Waals surface area contributed by atoms with Gasteiger partial charge in [0.2, 0.25) is 0 Å². The number of rotatable bonds is 2. The molecule has 2 aromatic rings. The van der Waals surface area contributed by atoms with Gasteiger partial charge in [-0.05, 0) is 42.7 Å². The van der Waals surface area contributed by atoms with Crippen molar-refractivity contribution in [2.24, 2.45) is 0 Å². The van der Waals surface area contributed by atoms with Crippen molar-refractivity contribution in [3.05, 3.63) is 48.0 Å². The first-order valence-corrected chi connectivity index (χ1v) is 9.34. The summed E-state index contributed by atoms with van der Waals surface area (Å²) in [5.74, 6) is 0.166. The Bertz CT molecular complexity index is 752. The van der Waals surface area contributed by atoms with E-state index >= 15 is 0 Å². The number of amides is 1. The summed E-state index contributed by atoms with van der Waals surface area (Å²) >= 11 is 0. The number of nitrogens with zero attached hydrogens (tertiary/aromatic N) is 2. The quantitative estimate of drug-likeness (QED) is 0.843. The van der Waals surface area contributed by atoms with Gasteiger partial charge in [-0.1, -0.05) is 30.3 Å². The van der Waals surface area contributed by atoms with Crippen LogP contribution in [-0.2, 0) is 4.74 Å². The van der Waals surface area contributed by atoms with Crippen molar-refractivity contribution in [3.63, 3.8) is 0 Å². The molecule has 0 bridgehead atoms. The number of hydrogen-bond donors (Lipinski definition) is 0. The molecule has 2 saturated heterocycles. The van der Waals surface area contributed by atoms with Gasteiger partial charge in [-0.3, -0.25) is 9.69 Å². The molecule has 4 rings (SSSR count). The summed E-state index contributed by atoms with van der Waals surface area (Å²) in [7, 11) is 0. The van der Waals surface area contributed by atoms with Crippen molar-refractivity contribution < 1.29 is 9.53 Å². The van der Waals surface area contributed by atoms with E-state index in [9.17, 15) is 4.79 Å². The van der Waals surface area contributed by atoms with Crippen molar-refractivity contribution in [2.45, 2.75) is 31.9 Å². The molecule has 0 aromatic heterocycles. The SMILES string of the molecule is C[C@H]1CN(C2CCN(C(=O)c3ccc4ccccc4c3)CC2)CCO1. The van der Waals surface area contributed by atoms with Crippen molar-refractivity contribution in [3.8, 4) is 0 Å². The van der Waals surface area contributed by atoms with Crippen molar-refractivity contribution in [1.29, 1.82) is 0 Å². The van der Waals surface area contributed by atoms with E-state index in [0.717, 1.165) is 56.6 Å². The number of piperidine rings is 1. The molecular formula is C21H26N2O2. The number of benzene rings is 2. The van der Waals surface area contributed by atoms with Crippen LogP contribution in [0.1, 0.15) is 30.1 Å². The predicted octanol–water partition coefficient (Wildman–Crippen LogP) is 3.17. The highest BCUT2D eigenvalue weighted by Gasteiger charge is 2.29. The van der Waals surface area contributed by atoms with Crippen LogP contribution in [-0.4, -0.2) is 60.6 Å². The molecule has 0 unspecified atom stereocenters. The summed E-state index contributed by atoms with van der Waals surface area (Å²) in [6.07, 6.45) is 2.45. The number of carbonyl (C=O) groups excluding carboxylic acids is 1. The Hall–Kier alpha value is -1.91. The Morgan fingerprint density at radius 2 is 1.80 bits per heavy atom. The standard InChI is InChI=1S/C21H26N2O2/c1-16-15-23(12-13-25-16)20-8-10-22(11-9-20)21(24)19-7-6-17-4-2-3-5-18(17)14-19/h2-7,14,16,20H,8-13,15H2,1H3/t16-/m0/s1. The minimum Gasteiger partial charge on any atom is -0.376 e. The van der Waals surface area contributed by atoms with Gasteiger partial charge in [0, 0.05) is 37.8 Å². The van der Waals surface area contributed by atoms with Gasteiger partial charge < -0.3 is 9.64 Å². The highest BCUT2D eigenvalue weighted by Crippen LogP contribution is 2.22. The minimum atomic E-state index is 0.166. The first-order chi connectivity index (χ1) is 12.2. The van der Waals surface area contributed by atoms with E-state index in [1.54, 1.807) is 0 Å². The summed E-state index contributed by atoms with van der Waals surface area (Å²) in [4.78, 5) is 17.4. The molecule has 2 fully saturated rings. The van der Waals surface area contributed by atoms with Gasteiger partial charge >= 0.3 is 0 Å². The molecule has 2 aliphatic heterocycles.